The number of rotatable bonds is 0. The second-order valence-corrected chi connectivity index (χ2v) is 5.46. The largest absolute Gasteiger partial charge is 0.508 e. The van der Waals surface area contributed by atoms with Crippen LogP contribution in [0.1, 0.15) is 37.5 Å². The van der Waals surface area contributed by atoms with Gasteiger partial charge in [-0.2, -0.15) is 0 Å². The molecule has 0 spiro atoms. The zero-order valence-corrected chi connectivity index (χ0v) is 10.7. The predicted octanol–water partition coefficient (Wildman–Crippen LogP) is 3.36. The molecule has 0 saturated heterocycles. The van der Waals surface area contributed by atoms with Crippen LogP contribution in [0, 0.1) is 19.8 Å². The van der Waals surface area contributed by atoms with Gasteiger partial charge in [0.25, 0.3) is 0 Å². The highest BCUT2D eigenvalue weighted by atomic mass is 16.5. The van der Waals surface area contributed by atoms with Crippen LogP contribution < -0.4 is 4.74 Å². The molecule has 0 radical (unpaired) electrons. The maximum absolute atomic E-state index is 9.81. The van der Waals surface area contributed by atoms with Gasteiger partial charge in [0, 0.05) is 5.56 Å². The van der Waals surface area contributed by atoms with Gasteiger partial charge in [-0.05, 0) is 57.2 Å². The van der Waals surface area contributed by atoms with E-state index in [9.17, 15) is 5.11 Å². The quantitative estimate of drug-likeness (QED) is 0.726. The fourth-order valence-corrected chi connectivity index (χ4v) is 2.23. The summed E-state index contributed by atoms with van der Waals surface area (Å²) in [4.78, 5) is 0. The van der Waals surface area contributed by atoms with E-state index in [2.05, 4.69) is 20.8 Å². The van der Waals surface area contributed by atoms with Gasteiger partial charge >= 0.3 is 0 Å². The number of hydrogen-bond donors (Lipinski definition) is 1. The third-order valence-corrected chi connectivity index (χ3v) is 3.89. The predicted molar refractivity (Wildman–Crippen MR) is 65.2 cm³/mol. The maximum Gasteiger partial charge on any atom is 0.130 e. The number of hydrogen-bond acceptors (Lipinski definition) is 2. The Labute approximate surface area is 97.3 Å². The normalized spacial score (nSPS) is 22.4. The highest BCUT2D eigenvalue weighted by Gasteiger charge is 2.35. The second-order valence-electron chi connectivity index (χ2n) is 5.46. The molecule has 2 heteroatoms. The van der Waals surface area contributed by atoms with E-state index in [4.69, 9.17) is 4.74 Å². The minimum atomic E-state index is -0.155. The van der Waals surface area contributed by atoms with Crippen molar-refractivity contribution >= 4 is 0 Å². The van der Waals surface area contributed by atoms with Crippen LogP contribution in [-0.2, 0) is 6.42 Å². The molecule has 0 aliphatic carbocycles. The first-order valence-electron chi connectivity index (χ1n) is 5.84. The summed E-state index contributed by atoms with van der Waals surface area (Å²) in [5.74, 6) is 1.71. The van der Waals surface area contributed by atoms with Gasteiger partial charge in [-0.25, -0.2) is 0 Å². The van der Waals surface area contributed by atoms with Crippen molar-refractivity contribution < 1.29 is 9.84 Å². The molecule has 2 rings (SSSR count). The molecular weight excluding hydrogens is 200 g/mol. The number of fused-ring (bicyclic) bond motifs is 1. The molecule has 1 aromatic carbocycles. The Kier molecular flexibility index (Phi) is 2.41. The molecule has 1 atom stereocenters. The lowest BCUT2D eigenvalue weighted by Gasteiger charge is -2.39. The summed E-state index contributed by atoms with van der Waals surface area (Å²) < 4.78 is 6.06. The molecule has 1 aliphatic rings. The second kappa shape index (κ2) is 3.41. The van der Waals surface area contributed by atoms with Crippen LogP contribution in [0.2, 0.25) is 0 Å². The van der Waals surface area contributed by atoms with Gasteiger partial charge in [0.05, 0.1) is 0 Å². The zero-order valence-electron chi connectivity index (χ0n) is 10.7. The Morgan fingerprint density at radius 2 is 2.00 bits per heavy atom. The van der Waals surface area contributed by atoms with Crippen molar-refractivity contribution in [3.8, 4) is 11.5 Å². The van der Waals surface area contributed by atoms with E-state index in [1.54, 1.807) is 0 Å². The average molecular weight is 220 g/mol. The molecule has 2 nitrogen and oxygen atoms in total. The Balaban J connectivity index is 2.60. The Bertz CT molecular complexity index is 433. The van der Waals surface area contributed by atoms with Gasteiger partial charge in [0.15, 0.2) is 0 Å². The molecular formula is C14H20O2. The lowest BCUT2D eigenvalue weighted by molar-refractivity contribution is 0.0342. The fourth-order valence-electron chi connectivity index (χ4n) is 2.23. The summed E-state index contributed by atoms with van der Waals surface area (Å²) in [6.45, 7) is 10.4. The molecule has 0 saturated carbocycles. The lowest BCUT2D eigenvalue weighted by Crippen LogP contribution is -2.41. The highest BCUT2D eigenvalue weighted by Crippen LogP contribution is 2.43. The van der Waals surface area contributed by atoms with Gasteiger partial charge < -0.3 is 9.84 Å². The van der Waals surface area contributed by atoms with Gasteiger partial charge in [-0.1, -0.05) is 6.92 Å². The molecule has 1 aromatic rings. The smallest absolute Gasteiger partial charge is 0.130 e. The lowest BCUT2D eigenvalue weighted by atomic mass is 9.82. The Morgan fingerprint density at radius 1 is 1.38 bits per heavy atom. The summed E-state index contributed by atoms with van der Waals surface area (Å²) in [5.41, 5.74) is 3.08. The minimum absolute atomic E-state index is 0.155. The molecule has 0 aromatic heterocycles. The Hall–Kier alpha value is -1.18. The summed E-state index contributed by atoms with van der Waals surface area (Å²) in [7, 11) is 0. The average Bonchev–Trinajstić information content (AvgIpc) is 2.18. The SMILES string of the molecule is Cc1cc(O)c(C)c2c1CC(C)C(C)(C)O2. The van der Waals surface area contributed by atoms with Crippen molar-refractivity contribution in [1.29, 1.82) is 0 Å². The van der Waals surface area contributed by atoms with Crippen molar-refractivity contribution in [2.24, 2.45) is 5.92 Å². The van der Waals surface area contributed by atoms with Crippen LogP contribution in [0.25, 0.3) is 0 Å². The molecule has 1 unspecified atom stereocenters. The molecule has 1 aliphatic heterocycles. The fraction of sp³-hybridized carbons (Fsp3) is 0.571. The van der Waals surface area contributed by atoms with Gasteiger partial charge in [-0.3, -0.25) is 0 Å². The summed E-state index contributed by atoms with van der Waals surface area (Å²) in [5, 5.41) is 9.81. The van der Waals surface area contributed by atoms with E-state index in [0.717, 1.165) is 23.3 Å². The van der Waals surface area contributed by atoms with Gasteiger partial charge in [-0.15, -0.1) is 0 Å². The van der Waals surface area contributed by atoms with Crippen molar-refractivity contribution in [2.75, 3.05) is 0 Å². The maximum atomic E-state index is 9.81. The zero-order chi connectivity index (χ0) is 12.1. The van der Waals surface area contributed by atoms with E-state index in [1.807, 2.05) is 19.9 Å². The number of phenols is 1. The van der Waals surface area contributed by atoms with E-state index in [1.165, 1.54) is 5.56 Å². The van der Waals surface area contributed by atoms with Gasteiger partial charge in [0.1, 0.15) is 17.1 Å². The van der Waals surface area contributed by atoms with Crippen molar-refractivity contribution in [2.45, 2.75) is 46.6 Å². The number of ether oxygens (including phenoxy) is 1. The molecule has 16 heavy (non-hydrogen) atoms. The van der Waals surface area contributed by atoms with Crippen LogP contribution in [0.3, 0.4) is 0 Å². The Morgan fingerprint density at radius 3 is 2.62 bits per heavy atom. The summed E-state index contributed by atoms with van der Waals surface area (Å²) in [6.07, 6.45) is 1.02. The van der Waals surface area contributed by atoms with Crippen LogP contribution in [0.5, 0.6) is 11.5 Å². The van der Waals surface area contributed by atoms with Crippen molar-refractivity contribution in [1.82, 2.24) is 0 Å². The van der Waals surface area contributed by atoms with Crippen molar-refractivity contribution in [3.05, 3.63) is 22.8 Å². The van der Waals surface area contributed by atoms with E-state index >= 15 is 0 Å². The third kappa shape index (κ3) is 1.57. The van der Waals surface area contributed by atoms with Crippen molar-refractivity contribution in [3.63, 3.8) is 0 Å². The number of benzene rings is 1. The monoisotopic (exact) mass is 220 g/mol. The van der Waals surface area contributed by atoms with Crippen LogP contribution >= 0.6 is 0 Å². The van der Waals surface area contributed by atoms with E-state index in [0.29, 0.717) is 11.7 Å². The molecule has 1 N–H and O–H groups in total. The standard InChI is InChI=1S/C14H20O2/c1-8-6-12(15)10(3)13-11(8)7-9(2)14(4,5)16-13/h6,9,15H,7H2,1-5H3. The molecule has 1 heterocycles. The number of phenolic OH excluding ortho intramolecular Hbond substituents is 1. The number of aryl methyl sites for hydroxylation is 1. The van der Waals surface area contributed by atoms with E-state index in [-0.39, 0.29) is 5.60 Å². The van der Waals surface area contributed by atoms with E-state index < -0.39 is 0 Å². The summed E-state index contributed by atoms with van der Waals surface area (Å²) >= 11 is 0. The van der Waals surface area contributed by atoms with Crippen LogP contribution in [-0.4, -0.2) is 10.7 Å². The summed E-state index contributed by atoms with van der Waals surface area (Å²) in [6, 6.07) is 1.84. The first kappa shape index (κ1) is 11.3. The first-order valence-corrected chi connectivity index (χ1v) is 5.84. The molecule has 0 amide bonds. The van der Waals surface area contributed by atoms with Crippen LogP contribution in [0.15, 0.2) is 6.07 Å². The van der Waals surface area contributed by atoms with Crippen LogP contribution in [0.4, 0.5) is 0 Å². The topological polar surface area (TPSA) is 29.5 Å². The molecule has 88 valence electrons. The number of aromatic hydroxyl groups is 1. The first-order chi connectivity index (χ1) is 7.33. The molecule has 0 fully saturated rings. The molecule has 0 bridgehead atoms. The highest BCUT2D eigenvalue weighted by molar-refractivity contribution is 5.54. The van der Waals surface area contributed by atoms with Gasteiger partial charge in [0.2, 0.25) is 0 Å². The third-order valence-electron chi connectivity index (χ3n) is 3.89. The minimum Gasteiger partial charge on any atom is -0.508 e.